The number of amides is 1. The Morgan fingerprint density at radius 1 is 0.941 bits per heavy atom. The van der Waals surface area contributed by atoms with Crippen molar-refractivity contribution in [2.45, 2.75) is 58.9 Å². The monoisotopic (exact) mass is 461 g/mol. The lowest BCUT2D eigenvalue weighted by molar-refractivity contribution is -0.119. The lowest BCUT2D eigenvalue weighted by atomic mass is 9.86. The van der Waals surface area contributed by atoms with Gasteiger partial charge >= 0.3 is 0 Å². The normalized spacial score (nSPS) is 17.4. The Balaban J connectivity index is 1.60. The van der Waals surface area contributed by atoms with Gasteiger partial charge in [0.15, 0.2) is 0 Å². The molecule has 2 aromatic carbocycles. The highest BCUT2D eigenvalue weighted by molar-refractivity contribution is 6.18. The summed E-state index contributed by atoms with van der Waals surface area (Å²) >= 11 is 0. The van der Waals surface area contributed by atoms with Gasteiger partial charge in [-0.2, -0.15) is 0 Å². The van der Waals surface area contributed by atoms with Gasteiger partial charge in [-0.1, -0.05) is 80.4 Å². The van der Waals surface area contributed by atoms with Gasteiger partial charge in [0.2, 0.25) is 0 Å². The average Bonchev–Trinajstić information content (AvgIpc) is 2.87. The second-order valence-corrected chi connectivity index (χ2v) is 8.89. The number of β-lactam (4-membered cyclic amide) rings is 1. The van der Waals surface area contributed by atoms with Crippen LogP contribution in [0.4, 0.5) is 5.69 Å². The summed E-state index contributed by atoms with van der Waals surface area (Å²) < 4.78 is 0. The van der Waals surface area contributed by atoms with Gasteiger partial charge < -0.3 is 9.74 Å². The van der Waals surface area contributed by atoms with Crippen LogP contribution in [0.3, 0.4) is 0 Å². The molecule has 0 aliphatic carbocycles. The first-order valence-corrected chi connectivity index (χ1v) is 12.7. The molecule has 0 radical (unpaired) electrons. The van der Waals surface area contributed by atoms with Crippen LogP contribution in [-0.4, -0.2) is 42.8 Å². The van der Waals surface area contributed by atoms with Gasteiger partial charge in [-0.25, -0.2) is 0 Å². The van der Waals surface area contributed by atoms with Crippen molar-refractivity contribution < 1.29 is 9.63 Å². The maximum Gasteiger partial charge on any atom is 0.257 e. The van der Waals surface area contributed by atoms with E-state index in [0.29, 0.717) is 12.3 Å². The van der Waals surface area contributed by atoms with Crippen LogP contribution in [0.25, 0.3) is 0 Å². The van der Waals surface area contributed by atoms with E-state index in [2.05, 4.69) is 36.0 Å². The van der Waals surface area contributed by atoms with Crippen molar-refractivity contribution in [2.75, 3.05) is 31.1 Å². The number of benzene rings is 2. The predicted molar refractivity (Wildman–Crippen MR) is 141 cm³/mol. The number of unbranched alkanes of at least 4 members (excludes halogenated alkanes) is 2. The number of hydrogen-bond acceptors (Lipinski definition) is 4. The Hall–Kier alpha value is -2.92. The van der Waals surface area contributed by atoms with Crippen LogP contribution in [0.2, 0.25) is 0 Å². The quantitative estimate of drug-likeness (QED) is 0.108. The number of carbonyl (C=O) groups is 1. The number of carbonyl (C=O) groups excluding carboxylic acids is 1. The zero-order valence-electron chi connectivity index (χ0n) is 21.0. The third-order valence-corrected chi connectivity index (χ3v) is 6.11. The second kappa shape index (κ2) is 13.7. The topological polar surface area (TPSA) is 45.1 Å². The van der Waals surface area contributed by atoms with Crippen molar-refractivity contribution >= 4 is 17.3 Å². The lowest BCUT2D eigenvalue weighted by Gasteiger charge is -2.43. The van der Waals surface area contributed by atoms with E-state index in [4.69, 9.17) is 4.84 Å². The van der Waals surface area contributed by atoms with Crippen LogP contribution >= 0.6 is 0 Å². The fourth-order valence-electron chi connectivity index (χ4n) is 4.26. The Kier molecular flexibility index (Phi) is 10.4. The molecule has 0 saturated carbocycles. The molecule has 1 atom stereocenters. The number of nitrogens with zero attached hydrogens (tertiary/aromatic N) is 3. The minimum absolute atomic E-state index is 0.0112. The average molecular weight is 462 g/mol. The second-order valence-electron chi connectivity index (χ2n) is 8.89. The number of rotatable bonds is 14. The molecule has 1 amide bonds. The van der Waals surface area contributed by atoms with E-state index in [1.165, 1.54) is 25.7 Å². The van der Waals surface area contributed by atoms with E-state index in [0.717, 1.165) is 42.9 Å². The summed E-state index contributed by atoms with van der Waals surface area (Å²) in [6, 6.07) is 19.8. The van der Waals surface area contributed by atoms with E-state index in [9.17, 15) is 4.79 Å². The molecule has 1 unspecified atom stereocenters. The number of oxime groups is 1. The fraction of sp³-hybridized carbons (Fsp3) is 0.448. The molecule has 34 heavy (non-hydrogen) atoms. The summed E-state index contributed by atoms with van der Waals surface area (Å²) in [5.41, 5.74) is 3.45. The smallest absolute Gasteiger partial charge is 0.257 e. The van der Waals surface area contributed by atoms with Crippen molar-refractivity contribution in [2.24, 2.45) is 5.16 Å². The molecule has 5 heteroatoms. The molecule has 0 bridgehead atoms. The first-order valence-electron chi connectivity index (χ1n) is 12.7. The third kappa shape index (κ3) is 7.04. The van der Waals surface area contributed by atoms with Gasteiger partial charge in [0.25, 0.3) is 5.91 Å². The van der Waals surface area contributed by atoms with Gasteiger partial charge in [-0.3, -0.25) is 9.69 Å². The van der Waals surface area contributed by atoms with Crippen LogP contribution in [0, 0.1) is 0 Å². The van der Waals surface area contributed by atoms with Gasteiger partial charge in [0.1, 0.15) is 6.61 Å². The maximum absolute atomic E-state index is 13.1. The molecule has 0 aromatic heterocycles. The Labute approximate surface area is 205 Å². The molecule has 1 fully saturated rings. The van der Waals surface area contributed by atoms with Crippen molar-refractivity contribution in [3.8, 4) is 0 Å². The Morgan fingerprint density at radius 2 is 1.53 bits per heavy atom. The van der Waals surface area contributed by atoms with Crippen LogP contribution in [0.15, 0.2) is 77.5 Å². The summed E-state index contributed by atoms with van der Waals surface area (Å²) in [7, 11) is 0. The summed E-state index contributed by atoms with van der Waals surface area (Å²) in [4.78, 5) is 23.0. The molecule has 2 aromatic rings. The van der Waals surface area contributed by atoms with Crippen LogP contribution in [0.5, 0.6) is 0 Å². The fourth-order valence-corrected chi connectivity index (χ4v) is 4.26. The molecule has 1 aliphatic rings. The zero-order valence-corrected chi connectivity index (χ0v) is 21.0. The highest BCUT2D eigenvalue weighted by Crippen LogP contribution is 2.42. The number of para-hydroxylation sites is 1. The summed E-state index contributed by atoms with van der Waals surface area (Å²) in [5, 5.41) is 4.28. The number of anilines is 1. The van der Waals surface area contributed by atoms with Crippen molar-refractivity contribution in [3.63, 3.8) is 0 Å². The third-order valence-electron chi connectivity index (χ3n) is 6.11. The molecule has 3 rings (SSSR count). The number of allylic oxidation sites excluding steroid dienone is 1. The molecule has 1 aliphatic heterocycles. The van der Waals surface area contributed by atoms with E-state index < -0.39 is 0 Å². The molecule has 0 N–H and O–H groups in total. The minimum atomic E-state index is -0.119. The molecule has 1 saturated heterocycles. The van der Waals surface area contributed by atoms with Gasteiger partial charge in [-0.05, 0) is 63.0 Å². The number of hydrogen-bond donors (Lipinski definition) is 0. The van der Waals surface area contributed by atoms with E-state index in [1.54, 1.807) is 0 Å². The summed E-state index contributed by atoms with van der Waals surface area (Å²) in [5.74, 6) is 0.0112. The lowest BCUT2D eigenvalue weighted by Crippen LogP contribution is -2.49. The maximum atomic E-state index is 13.1. The van der Waals surface area contributed by atoms with E-state index >= 15 is 0 Å². The highest BCUT2D eigenvalue weighted by Gasteiger charge is 2.43. The van der Waals surface area contributed by atoms with Crippen molar-refractivity contribution in [1.29, 1.82) is 0 Å². The predicted octanol–water partition coefficient (Wildman–Crippen LogP) is 6.39. The van der Waals surface area contributed by atoms with Gasteiger partial charge in [0, 0.05) is 17.8 Å². The Bertz CT molecular complexity index is 932. The summed E-state index contributed by atoms with van der Waals surface area (Å²) in [6.07, 6.45) is 7.75. The van der Waals surface area contributed by atoms with Gasteiger partial charge in [-0.15, -0.1) is 0 Å². The molecule has 182 valence electrons. The van der Waals surface area contributed by atoms with E-state index in [1.807, 2.05) is 66.4 Å². The highest BCUT2D eigenvalue weighted by atomic mass is 16.6. The molecule has 0 spiro atoms. The molecular formula is C29H39N3O2. The molecular weight excluding hydrogens is 422 g/mol. The largest absolute Gasteiger partial charge is 0.396 e. The molecule has 1 heterocycles. The standard InChI is InChI=1S/C29H39N3O2/c1-4-6-19-31(20-7-5-2)21-14-22-34-30-24(3)23-27-28(25-15-10-8-11-16-25)32(29(27)33)26-17-12-9-13-18-26/h8-13,15-18,23,28H,4-7,14,19-22H2,1-3H3/b27-23+,30-24+. The van der Waals surface area contributed by atoms with Crippen molar-refractivity contribution in [1.82, 2.24) is 4.90 Å². The first-order chi connectivity index (χ1) is 16.7. The van der Waals surface area contributed by atoms with E-state index in [-0.39, 0.29) is 11.9 Å². The van der Waals surface area contributed by atoms with Crippen molar-refractivity contribution in [3.05, 3.63) is 77.9 Å². The van der Waals surface area contributed by atoms with Crippen LogP contribution in [0.1, 0.15) is 64.5 Å². The zero-order chi connectivity index (χ0) is 24.2. The first kappa shape index (κ1) is 25.7. The van der Waals surface area contributed by atoms with Crippen LogP contribution < -0.4 is 4.90 Å². The van der Waals surface area contributed by atoms with Gasteiger partial charge in [0.05, 0.1) is 11.8 Å². The summed E-state index contributed by atoms with van der Waals surface area (Å²) in [6.45, 7) is 10.3. The van der Waals surface area contributed by atoms with Crippen LogP contribution in [-0.2, 0) is 9.63 Å². The molecule has 5 nitrogen and oxygen atoms in total. The SMILES string of the molecule is CCCCN(CCCC)CCCO/N=C(C)/C=C1/C(=O)N(c2ccccc2)C1c1ccccc1. The Morgan fingerprint density at radius 3 is 2.15 bits per heavy atom. The minimum Gasteiger partial charge on any atom is -0.396 e.